The van der Waals surface area contributed by atoms with Crippen LogP contribution in [0, 0.1) is 17.8 Å². The van der Waals surface area contributed by atoms with Crippen molar-refractivity contribution in [3.63, 3.8) is 0 Å². The van der Waals surface area contributed by atoms with E-state index in [2.05, 4.69) is 19.2 Å². The van der Waals surface area contributed by atoms with Crippen LogP contribution in [0.25, 0.3) is 0 Å². The van der Waals surface area contributed by atoms with E-state index in [0.29, 0.717) is 4.99 Å². The molecule has 0 aromatic heterocycles. The van der Waals surface area contributed by atoms with Crippen molar-refractivity contribution in [1.82, 2.24) is 5.32 Å². The van der Waals surface area contributed by atoms with Gasteiger partial charge in [0, 0.05) is 5.92 Å². The first-order chi connectivity index (χ1) is 9.97. The van der Waals surface area contributed by atoms with Gasteiger partial charge in [-0.15, -0.1) is 0 Å². The summed E-state index contributed by atoms with van der Waals surface area (Å²) in [5, 5.41) is 3.26. The summed E-state index contributed by atoms with van der Waals surface area (Å²) < 4.78 is 0. The molecule has 0 aromatic carbocycles. The molecular formula is C17H30N2OS. The molecule has 0 spiro atoms. The second kappa shape index (κ2) is 7.08. The van der Waals surface area contributed by atoms with Crippen molar-refractivity contribution in [2.75, 3.05) is 0 Å². The van der Waals surface area contributed by atoms with Gasteiger partial charge in [0.05, 0.1) is 10.5 Å². The summed E-state index contributed by atoms with van der Waals surface area (Å²) in [6.07, 6.45) is 9.63. The highest BCUT2D eigenvalue weighted by Gasteiger charge is 2.40. The zero-order valence-corrected chi connectivity index (χ0v) is 14.3. The van der Waals surface area contributed by atoms with Gasteiger partial charge < -0.3 is 11.1 Å². The fourth-order valence-corrected chi connectivity index (χ4v) is 4.13. The standard InChI is InChI=1S/C17H30N2OS/c1-3-13-8-10-17(11-9-13,16(18)21)19-15(20)14-6-4-12(2)5-7-14/h12-14H,3-11H2,1-2H3,(H2,18,21)(H,19,20). The van der Waals surface area contributed by atoms with Crippen molar-refractivity contribution < 1.29 is 4.79 Å². The smallest absolute Gasteiger partial charge is 0.223 e. The normalized spacial score (nSPS) is 37.0. The van der Waals surface area contributed by atoms with Crippen LogP contribution in [0.3, 0.4) is 0 Å². The highest BCUT2D eigenvalue weighted by Crippen LogP contribution is 2.35. The van der Waals surface area contributed by atoms with Crippen LogP contribution in [0.15, 0.2) is 0 Å². The summed E-state index contributed by atoms with van der Waals surface area (Å²) in [5.74, 6) is 1.87. The van der Waals surface area contributed by atoms with Crippen molar-refractivity contribution in [3.05, 3.63) is 0 Å². The lowest BCUT2D eigenvalue weighted by Gasteiger charge is -2.41. The maximum absolute atomic E-state index is 12.6. The summed E-state index contributed by atoms with van der Waals surface area (Å²) in [7, 11) is 0. The number of carbonyl (C=O) groups is 1. The molecule has 0 saturated heterocycles. The molecule has 21 heavy (non-hydrogen) atoms. The molecule has 0 atom stereocenters. The Balaban J connectivity index is 1.97. The number of nitrogens with one attached hydrogen (secondary N) is 1. The summed E-state index contributed by atoms with van der Waals surface area (Å²) in [6.45, 7) is 4.51. The number of rotatable bonds is 4. The first-order valence-electron chi connectivity index (χ1n) is 8.58. The molecule has 0 aromatic rings. The zero-order valence-electron chi connectivity index (χ0n) is 13.5. The minimum absolute atomic E-state index is 0.163. The van der Waals surface area contributed by atoms with Gasteiger partial charge in [0.2, 0.25) is 5.91 Å². The van der Waals surface area contributed by atoms with E-state index in [9.17, 15) is 4.79 Å². The van der Waals surface area contributed by atoms with Crippen LogP contribution in [-0.4, -0.2) is 16.4 Å². The van der Waals surface area contributed by atoms with Crippen LogP contribution < -0.4 is 11.1 Å². The Morgan fingerprint density at radius 1 is 1.19 bits per heavy atom. The number of amides is 1. The number of carbonyl (C=O) groups excluding carboxylic acids is 1. The predicted octanol–water partition coefficient (Wildman–Crippen LogP) is 3.55. The summed E-state index contributed by atoms with van der Waals surface area (Å²) in [5.41, 5.74) is 5.59. The Morgan fingerprint density at radius 2 is 1.76 bits per heavy atom. The maximum Gasteiger partial charge on any atom is 0.223 e. The molecule has 2 fully saturated rings. The van der Waals surface area contributed by atoms with Crippen LogP contribution in [0.5, 0.6) is 0 Å². The summed E-state index contributed by atoms with van der Waals surface area (Å²) >= 11 is 5.30. The Kier molecular flexibility index (Phi) is 5.64. The number of nitrogens with two attached hydrogens (primary N) is 1. The van der Waals surface area contributed by atoms with Gasteiger partial charge in [-0.1, -0.05) is 32.5 Å². The van der Waals surface area contributed by atoms with E-state index >= 15 is 0 Å². The van der Waals surface area contributed by atoms with Gasteiger partial charge in [0.25, 0.3) is 0 Å². The molecule has 2 rings (SSSR count). The molecule has 1 amide bonds. The lowest BCUT2D eigenvalue weighted by Crippen LogP contribution is -2.59. The molecule has 0 bridgehead atoms. The number of hydrogen-bond donors (Lipinski definition) is 2. The maximum atomic E-state index is 12.6. The molecule has 0 heterocycles. The minimum Gasteiger partial charge on any atom is -0.391 e. The molecule has 3 nitrogen and oxygen atoms in total. The van der Waals surface area contributed by atoms with E-state index in [1.165, 1.54) is 6.42 Å². The lowest BCUT2D eigenvalue weighted by atomic mass is 9.74. The zero-order chi connectivity index (χ0) is 15.5. The van der Waals surface area contributed by atoms with Crippen LogP contribution in [0.4, 0.5) is 0 Å². The average molecular weight is 311 g/mol. The van der Waals surface area contributed by atoms with E-state index in [-0.39, 0.29) is 11.8 Å². The Hall–Kier alpha value is -0.640. The topological polar surface area (TPSA) is 55.1 Å². The highest BCUT2D eigenvalue weighted by molar-refractivity contribution is 7.80. The van der Waals surface area contributed by atoms with Crippen LogP contribution in [0.2, 0.25) is 0 Å². The van der Waals surface area contributed by atoms with Crippen molar-refractivity contribution in [2.45, 2.75) is 77.2 Å². The molecule has 2 aliphatic rings. The SMILES string of the molecule is CCC1CCC(NC(=O)C2CCC(C)CC2)(C(N)=S)CC1. The largest absolute Gasteiger partial charge is 0.391 e. The van der Waals surface area contributed by atoms with Crippen molar-refractivity contribution in [1.29, 1.82) is 0 Å². The molecular weight excluding hydrogens is 280 g/mol. The molecule has 2 saturated carbocycles. The monoisotopic (exact) mass is 310 g/mol. The number of hydrogen-bond acceptors (Lipinski definition) is 2. The van der Waals surface area contributed by atoms with Gasteiger partial charge >= 0.3 is 0 Å². The van der Waals surface area contributed by atoms with Crippen LogP contribution in [0.1, 0.15) is 71.6 Å². The molecule has 4 heteroatoms. The number of thiocarbonyl (C=S) groups is 1. The first-order valence-corrected chi connectivity index (χ1v) is 8.99. The molecule has 0 unspecified atom stereocenters. The lowest BCUT2D eigenvalue weighted by molar-refractivity contribution is -0.127. The van der Waals surface area contributed by atoms with E-state index in [1.807, 2.05) is 0 Å². The first kappa shape index (κ1) is 16.7. The van der Waals surface area contributed by atoms with E-state index in [4.69, 9.17) is 18.0 Å². The van der Waals surface area contributed by atoms with Gasteiger partial charge in [0.15, 0.2) is 0 Å². The molecule has 0 aliphatic heterocycles. The molecule has 3 N–H and O–H groups in total. The van der Waals surface area contributed by atoms with Crippen molar-refractivity contribution in [2.24, 2.45) is 23.5 Å². The van der Waals surface area contributed by atoms with E-state index < -0.39 is 5.54 Å². The Labute approximate surface area is 134 Å². The van der Waals surface area contributed by atoms with Crippen molar-refractivity contribution >= 4 is 23.1 Å². The Morgan fingerprint density at radius 3 is 2.24 bits per heavy atom. The third-order valence-corrected chi connectivity index (χ3v) is 6.15. The Bertz CT molecular complexity index is 380. The second-order valence-electron chi connectivity index (χ2n) is 7.24. The quantitative estimate of drug-likeness (QED) is 0.781. The fourth-order valence-electron chi connectivity index (χ4n) is 3.87. The van der Waals surface area contributed by atoms with Gasteiger partial charge in [-0.05, 0) is 63.2 Å². The molecule has 2 aliphatic carbocycles. The van der Waals surface area contributed by atoms with Crippen molar-refractivity contribution in [3.8, 4) is 0 Å². The van der Waals surface area contributed by atoms with Gasteiger partial charge in [-0.25, -0.2) is 0 Å². The third-order valence-electron chi connectivity index (χ3n) is 5.76. The van der Waals surface area contributed by atoms with E-state index in [0.717, 1.165) is 63.2 Å². The summed E-state index contributed by atoms with van der Waals surface area (Å²) in [4.78, 5) is 13.1. The summed E-state index contributed by atoms with van der Waals surface area (Å²) in [6, 6.07) is 0. The molecule has 0 radical (unpaired) electrons. The average Bonchev–Trinajstić information content (AvgIpc) is 2.48. The van der Waals surface area contributed by atoms with Gasteiger partial charge in [-0.3, -0.25) is 4.79 Å². The van der Waals surface area contributed by atoms with Gasteiger partial charge in [0.1, 0.15) is 0 Å². The third kappa shape index (κ3) is 3.97. The predicted molar refractivity (Wildman–Crippen MR) is 91.0 cm³/mol. The fraction of sp³-hybridized carbons (Fsp3) is 0.882. The van der Waals surface area contributed by atoms with Gasteiger partial charge in [-0.2, -0.15) is 0 Å². The second-order valence-corrected chi connectivity index (χ2v) is 7.68. The van der Waals surface area contributed by atoms with Crippen LogP contribution in [-0.2, 0) is 4.79 Å². The van der Waals surface area contributed by atoms with E-state index in [1.54, 1.807) is 0 Å². The molecule has 120 valence electrons. The highest BCUT2D eigenvalue weighted by atomic mass is 32.1. The van der Waals surface area contributed by atoms with Crippen LogP contribution >= 0.6 is 12.2 Å². The minimum atomic E-state index is -0.416.